The Morgan fingerprint density at radius 3 is 3.07 bits per heavy atom. The maximum absolute atomic E-state index is 13.4. The predicted molar refractivity (Wildman–Crippen MR) is 54.2 cm³/mol. The second-order valence-electron chi connectivity index (χ2n) is 4.08. The van der Waals surface area contributed by atoms with Gasteiger partial charge in [-0.2, -0.15) is 0 Å². The average Bonchev–Trinajstić information content (AvgIpc) is 2.18. The summed E-state index contributed by atoms with van der Waals surface area (Å²) in [5.74, 6) is -0.894. The molecular weight excluding hydrogens is 195 g/mol. The molecule has 0 radical (unpaired) electrons. The Bertz CT molecular complexity index is 387. The molecule has 0 spiro atoms. The maximum Gasteiger partial charge on any atom is 0.303 e. The summed E-state index contributed by atoms with van der Waals surface area (Å²) in [6.45, 7) is 0. The number of aryl methyl sites for hydroxylation is 1. The molecule has 0 aliphatic heterocycles. The van der Waals surface area contributed by atoms with E-state index < -0.39 is 5.97 Å². The van der Waals surface area contributed by atoms with E-state index in [1.807, 2.05) is 6.07 Å². The molecule has 2 nitrogen and oxygen atoms in total. The molecule has 0 aromatic heterocycles. The summed E-state index contributed by atoms with van der Waals surface area (Å²) in [5, 5.41) is 8.69. The molecule has 1 N–H and O–H groups in total. The fourth-order valence-corrected chi connectivity index (χ4v) is 2.24. The molecule has 0 fully saturated rings. The molecular formula is C12H13FO2. The fraction of sp³-hybridized carbons (Fsp3) is 0.417. The van der Waals surface area contributed by atoms with Crippen LogP contribution in [0.3, 0.4) is 0 Å². The van der Waals surface area contributed by atoms with E-state index in [4.69, 9.17) is 5.11 Å². The van der Waals surface area contributed by atoms with Crippen LogP contribution in [0.25, 0.3) is 0 Å². The fourth-order valence-electron chi connectivity index (χ4n) is 2.24. The Kier molecular flexibility index (Phi) is 2.71. The molecule has 0 saturated heterocycles. The second kappa shape index (κ2) is 4.01. The summed E-state index contributed by atoms with van der Waals surface area (Å²) in [6, 6.07) is 5.09. The van der Waals surface area contributed by atoms with Crippen LogP contribution in [-0.2, 0) is 17.6 Å². The van der Waals surface area contributed by atoms with Gasteiger partial charge in [0.05, 0.1) is 0 Å². The first kappa shape index (κ1) is 10.1. The van der Waals surface area contributed by atoms with Crippen molar-refractivity contribution < 1.29 is 14.3 Å². The lowest BCUT2D eigenvalue weighted by atomic mass is 9.82. The van der Waals surface area contributed by atoms with Crippen LogP contribution in [0.15, 0.2) is 18.2 Å². The molecule has 1 aliphatic rings. The molecule has 0 bridgehead atoms. The Hall–Kier alpha value is -1.38. The minimum absolute atomic E-state index is 0.0897. The van der Waals surface area contributed by atoms with Gasteiger partial charge in [-0.05, 0) is 42.4 Å². The molecule has 1 aromatic rings. The van der Waals surface area contributed by atoms with Crippen LogP contribution in [0, 0.1) is 11.7 Å². The third-order valence-electron chi connectivity index (χ3n) is 2.99. The summed E-state index contributed by atoms with van der Waals surface area (Å²) in [4.78, 5) is 10.6. The van der Waals surface area contributed by atoms with Crippen molar-refractivity contribution in [2.24, 2.45) is 5.92 Å². The normalized spacial score (nSPS) is 19.7. The quantitative estimate of drug-likeness (QED) is 0.810. The van der Waals surface area contributed by atoms with Crippen molar-refractivity contribution in [1.82, 2.24) is 0 Å². The van der Waals surface area contributed by atoms with E-state index >= 15 is 0 Å². The van der Waals surface area contributed by atoms with Gasteiger partial charge < -0.3 is 5.11 Å². The second-order valence-corrected chi connectivity index (χ2v) is 4.08. The van der Waals surface area contributed by atoms with Gasteiger partial charge in [-0.15, -0.1) is 0 Å². The number of aliphatic carboxylic acids is 1. The molecule has 3 heteroatoms. The van der Waals surface area contributed by atoms with Crippen molar-refractivity contribution in [3.63, 3.8) is 0 Å². The first-order valence-electron chi connectivity index (χ1n) is 5.15. The highest BCUT2D eigenvalue weighted by molar-refractivity contribution is 5.67. The molecule has 1 aromatic carbocycles. The Morgan fingerprint density at radius 2 is 2.33 bits per heavy atom. The number of hydrogen-bond acceptors (Lipinski definition) is 1. The van der Waals surface area contributed by atoms with Gasteiger partial charge in [-0.3, -0.25) is 4.79 Å². The van der Waals surface area contributed by atoms with E-state index in [9.17, 15) is 9.18 Å². The van der Waals surface area contributed by atoms with E-state index in [-0.39, 0.29) is 18.2 Å². The van der Waals surface area contributed by atoms with Gasteiger partial charge in [0.1, 0.15) is 5.82 Å². The van der Waals surface area contributed by atoms with Gasteiger partial charge in [-0.1, -0.05) is 12.1 Å². The van der Waals surface area contributed by atoms with Gasteiger partial charge in [0, 0.05) is 6.42 Å². The molecule has 1 unspecified atom stereocenters. The van der Waals surface area contributed by atoms with Crippen LogP contribution in [0.5, 0.6) is 0 Å². The predicted octanol–water partition coefficient (Wildman–Crippen LogP) is 2.41. The van der Waals surface area contributed by atoms with Crippen molar-refractivity contribution in [3.05, 3.63) is 35.1 Å². The van der Waals surface area contributed by atoms with Crippen molar-refractivity contribution in [2.75, 3.05) is 0 Å². The van der Waals surface area contributed by atoms with Crippen LogP contribution in [0.2, 0.25) is 0 Å². The first-order valence-corrected chi connectivity index (χ1v) is 5.15. The van der Waals surface area contributed by atoms with E-state index in [1.54, 1.807) is 6.07 Å². The van der Waals surface area contributed by atoms with Crippen molar-refractivity contribution in [3.8, 4) is 0 Å². The van der Waals surface area contributed by atoms with E-state index in [0.717, 1.165) is 24.0 Å². The van der Waals surface area contributed by atoms with Crippen molar-refractivity contribution in [2.45, 2.75) is 25.7 Å². The van der Waals surface area contributed by atoms with E-state index in [0.29, 0.717) is 6.42 Å². The largest absolute Gasteiger partial charge is 0.481 e. The molecule has 0 saturated carbocycles. The lowest BCUT2D eigenvalue weighted by Gasteiger charge is -2.23. The number of benzene rings is 1. The van der Waals surface area contributed by atoms with Crippen LogP contribution in [0.4, 0.5) is 4.39 Å². The number of rotatable bonds is 2. The zero-order valence-electron chi connectivity index (χ0n) is 8.37. The van der Waals surface area contributed by atoms with Crippen LogP contribution < -0.4 is 0 Å². The lowest BCUT2D eigenvalue weighted by Crippen LogP contribution is -2.18. The summed E-state index contributed by atoms with van der Waals surface area (Å²) in [6.07, 6.45) is 2.36. The molecule has 0 heterocycles. The van der Waals surface area contributed by atoms with E-state index in [1.165, 1.54) is 6.07 Å². The van der Waals surface area contributed by atoms with E-state index in [2.05, 4.69) is 0 Å². The topological polar surface area (TPSA) is 37.3 Å². The zero-order valence-corrected chi connectivity index (χ0v) is 8.37. The standard InChI is InChI=1S/C12H13FO2/c13-11-3-1-2-9-5-4-8(6-10(9)11)7-12(14)15/h1-3,8H,4-7H2,(H,14,15). The third kappa shape index (κ3) is 2.17. The number of hydrogen-bond donors (Lipinski definition) is 1. The van der Waals surface area contributed by atoms with Gasteiger partial charge in [-0.25, -0.2) is 4.39 Å². The molecule has 2 rings (SSSR count). The van der Waals surface area contributed by atoms with Crippen LogP contribution in [0.1, 0.15) is 24.0 Å². The third-order valence-corrected chi connectivity index (χ3v) is 2.99. The minimum atomic E-state index is -0.792. The summed E-state index contributed by atoms with van der Waals surface area (Å²) in [5.41, 5.74) is 1.76. The highest BCUT2D eigenvalue weighted by atomic mass is 19.1. The Balaban J connectivity index is 2.18. The maximum atomic E-state index is 13.4. The SMILES string of the molecule is O=C(O)CC1CCc2cccc(F)c2C1. The Labute approximate surface area is 87.7 Å². The van der Waals surface area contributed by atoms with Gasteiger partial charge >= 0.3 is 5.97 Å². The van der Waals surface area contributed by atoms with Crippen molar-refractivity contribution >= 4 is 5.97 Å². The Morgan fingerprint density at radius 1 is 1.53 bits per heavy atom. The zero-order chi connectivity index (χ0) is 10.8. The number of carbonyl (C=O) groups is 1. The highest BCUT2D eigenvalue weighted by Crippen LogP contribution is 2.29. The van der Waals surface area contributed by atoms with Gasteiger partial charge in [0.2, 0.25) is 0 Å². The number of halogens is 1. The molecule has 0 amide bonds. The van der Waals surface area contributed by atoms with Crippen LogP contribution in [-0.4, -0.2) is 11.1 Å². The summed E-state index contributed by atoms with van der Waals surface area (Å²) >= 11 is 0. The van der Waals surface area contributed by atoms with Gasteiger partial charge in [0.15, 0.2) is 0 Å². The van der Waals surface area contributed by atoms with Crippen LogP contribution >= 0.6 is 0 Å². The number of carboxylic acid groups (broad SMARTS) is 1. The monoisotopic (exact) mass is 208 g/mol. The lowest BCUT2D eigenvalue weighted by molar-refractivity contribution is -0.138. The molecule has 1 atom stereocenters. The minimum Gasteiger partial charge on any atom is -0.481 e. The smallest absolute Gasteiger partial charge is 0.303 e. The highest BCUT2D eigenvalue weighted by Gasteiger charge is 2.22. The average molecular weight is 208 g/mol. The molecule has 15 heavy (non-hydrogen) atoms. The molecule has 80 valence electrons. The summed E-state index contributed by atoms with van der Waals surface area (Å²) < 4.78 is 13.4. The number of fused-ring (bicyclic) bond motifs is 1. The first-order chi connectivity index (χ1) is 7.16. The number of carboxylic acids is 1. The summed E-state index contributed by atoms with van der Waals surface area (Å²) in [7, 11) is 0. The van der Waals surface area contributed by atoms with Gasteiger partial charge in [0.25, 0.3) is 0 Å². The molecule has 1 aliphatic carbocycles. The van der Waals surface area contributed by atoms with Crippen molar-refractivity contribution in [1.29, 1.82) is 0 Å².